The molecule has 7 nitrogen and oxygen atoms in total. The van der Waals surface area contributed by atoms with Crippen molar-refractivity contribution in [3.8, 4) is 0 Å². The van der Waals surface area contributed by atoms with Gasteiger partial charge in [-0.2, -0.15) is 4.31 Å². The Hall–Kier alpha value is -1.48. The van der Waals surface area contributed by atoms with Crippen LogP contribution < -0.4 is 10.6 Å². The van der Waals surface area contributed by atoms with Crippen molar-refractivity contribution in [3.05, 3.63) is 29.8 Å². The molecule has 1 atom stereocenters. The molecule has 1 aromatic rings. The molecule has 1 amide bonds. The molecule has 0 bridgehead atoms. The van der Waals surface area contributed by atoms with Crippen molar-refractivity contribution in [1.29, 1.82) is 0 Å². The fraction of sp³-hybridized carbons (Fsp3) is 0.556. The van der Waals surface area contributed by atoms with Crippen LogP contribution in [0.4, 0.5) is 0 Å². The van der Waals surface area contributed by atoms with Crippen LogP contribution in [0.2, 0.25) is 0 Å². The third-order valence-corrected chi connectivity index (χ3v) is 6.45. The van der Waals surface area contributed by atoms with E-state index >= 15 is 0 Å². The molecule has 1 aliphatic heterocycles. The summed E-state index contributed by atoms with van der Waals surface area (Å²) < 4.78 is 27.3. The Morgan fingerprint density at radius 3 is 2.41 bits per heavy atom. The Bertz CT molecular complexity index is 737. The van der Waals surface area contributed by atoms with E-state index in [-0.39, 0.29) is 29.0 Å². The number of halogens is 1. The van der Waals surface area contributed by atoms with E-state index in [2.05, 4.69) is 10.6 Å². The van der Waals surface area contributed by atoms with Crippen LogP contribution in [-0.4, -0.2) is 57.1 Å². The molecule has 0 aliphatic carbocycles. The van der Waals surface area contributed by atoms with Gasteiger partial charge < -0.3 is 10.6 Å². The normalized spacial score (nSPS) is 17.8. The van der Waals surface area contributed by atoms with Gasteiger partial charge in [-0.1, -0.05) is 18.6 Å². The van der Waals surface area contributed by atoms with Crippen LogP contribution in [0.5, 0.6) is 0 Å². The number of Topliss-reactive ketones (excluding diaryl/α,β-unsaturated/α-hetero) is 1. The smallest absolute Gasteiger partial charge is 0.243 e. The van der Waals surface area contributed by atoms with E-state index in [4.69, 9.17) is 0 Å². The van der Waals surface area contributed by atoms with E-state index < -0.39 is 16.1 Å². The Morgan fingerprint density at radius 2 is 1.81 bits per heavy atom. The van der Waals surface area contributed by atoms with Gasteiger partial charge in [0.25, 0.3) is 0 Å². The zero-order valence-electron chi connectivity index (χ0n) is 15.7. The summed E-state index contributed by atoms with van der Waals surface area (Å²) in [5.74, 6) is -0.365. The Balaban J connectivity index is 0.00000364. The van der Waals surface area contributed by atoms with Gasteiger partial charge in [0.2, 0.25) is 15.9 Å². The Labute approximate surface area is 167 Å². The van der Waals surface area contributed by atoms with Gasteiger partial charge in [0.1, 0.15) is 6.04 Å². The maximum atomic E-state index is 13.0. The standard InChI is InChI=1S/C18H27N3O4S.ClH/c1-14(22)15-7-9-16(10-8-15)26(24,25)21-13-4-3-6-17(21)18(23)20-12-5-11-19-2;/h7-10,17,19H,3-6,11-13H2,1-2H3,(H,20,23);1H. The van der Waals surface area contributed by atoms with Gasteiger partial charge in [0.15, 0.2) is 5.78 Å². The van der Waals surface area contributed by atoms with Crippen molar-refractivity contribution in [3.63, 3.8) is 0 Å². The fourth-order valence-corrected chi connectivity index (χ4v) is 4.70. The molecule has 1 aromatic carbocycles. The molecule has 0 aromatic heterocycles. The molecule has 0 saturated carbocycles. The highest BCUT2D eigenvalue weighted by molar-refractivity contribution is 7.89. The first-order valence-electron chi connectivity index (χ1n) is 8.93. The van der Waals surface area contributed by atoms with Crippen molar-refractivity contribution in [2.75, 3.05) is 26.7 Å². The highest BCUT2D eigenvalue weighted by atomic mass is 35.5. The summed E-state index contributed by atoms with van der Waals surface area (Å²) in [4.78, 5) is 24.0. The molecule has 9 heteroatoms. The molecular formula is C18H28ClN3O4S. The Morgan fingerprint density at radius 1 is 1.15 bits per heavy atom. The van der Waals surface area contributed by atoms with Gasteiger partial charge in [-0.05, 0) is 51.9 Å². The predicted molar refractivity (Wildman–Crippen MR) is 107 cm³/mol. The van der Waals surface area contributed by atoms with Crippen molar-refractivity contribution >= 4 is 34.1 Å². The lowest BCUT2D eigenvalue weighted by Gasteiger charge is -2.33. The second kappa shape index (κ2) is 10.8. The highest BCUT2D eigenvalue weighted by Gasteiger charge is 2.37. The monoisotopic (exact) mass is 417 g/mol. The van der Waals surface area contributed by atoms with Crippen LogP contribution in [0, 0.1) is 0 Å². The summed E-state index contributed by atoms with van der Waals surface area (Å²) in [6, 6.07) is 5.19. The maximum Gasteiger partial charge on any atom is 0.243 e. The lowest BCUT2D eigenvalue weighted by molar-refractivity contribution is -0.125. The molecule has 1 heterocycles. The van der Waals surface area contributed by atoms with E-state index in [1.807, 2.05) is 7.05 Å². The number of sulfonamides is 1. The molecule has 152 valence electrons. The summed E-state index contributed by atoms with van der Waals surface area (Å²) in [5.41, 5.74) is 0.460. The number of amides is 1. The summed E-state index contributed by atoms with van der Waals surface area (Å²) in [6.45, 7) is 3.06. The zero-order valence-corrected chi connectivity index (χ0v) is 17.4. The Kier molecular flexibility index (Phi) is 9.38. The van der Waals surface area contributed by atoms with Crippen LogP contribution in [0.1, 0.15) is 43.0 Å². The van der Waals surface area contributed by atoms with Crippen LogP contribution >= 0.6 is 12.4 Å². The summed E-state index contributed by atoms with van der Waals surface area (Å²) in [7, 11) is -1.94. The number of hydrogen-bond donors (Lipinski definition) is 2. The van der Waals surface area contributed by atoms with Crippen LogP contribution in [0.15, 0.2) is 29.2 Å². The third kappa shape index (κ3) is 6.00. The minimum atomic E-state index is -3.79. The lowest BCUT2D eigenvalue weighted by atomic mass is 10.0. The third-order valence-electron chi connectivity index (χ3n) is 4.53. The van der Waals surface area contributed by atoms with Gasteiger partial charge in [-0.25, -0.2) is 8.42 Å². The number of benzene rings is 1. The molecule has 0 spiro atoms. The first-order valence-corrected chi connectivity index (χ1v) is 10.4. The molecule has 27 heavy (non-hydrogen) atoms. The van der Waals surface area contributed by atoms with Crippen LogP contribution in [0.3, 0.4) is 0 Å². The van der Waals surface area contributed by atoms with E-state index in [0.29, 0.717) is 25.1 Å². The first-order chi connectivity index (χ1) is 12.4. The van der Waals surface area contributed by atoms with Gasteiger partial charge in [-0.15, -0.1) is 12.4 Å². The van der Waals surface area contributed by atoms with Crippen molar-refractivity contribution in [1.82, 2.24) is 14.9 Å². The molecule has 2 N–H and O–H groups in total. The predicted octanol–water partition coefficient (Wildman–Crippen LogP) is 1.58. The molecule has 1 saturated heterocycles. The van der Waals surface area contributed by atoms with Crippen molar-refractivity contribution in [2.45, 2.75) is 43.5 Å². The summed E-state index contributed by atoms with van der Waals surface area (Å²) in [5, 5.41) is 5.84. The van der Waals surface area contributed by atoms with E-state index in [9.17, 15) is 18.0 Å². The SMILES string of the molecule is CNCCCNC(=O)C1CCCCN1S(=O)(=O)c1ccc(C(C)=O)cc1.Cl. The second-order valence-corrected chi connectivity index (χ2v) is 8.35. The minimum Gasteiger partial charge on any atom is -0.355 e. The van der Waals surface area contributed by atoms with Crippen LogP contribution in [-0.2, 0) is 14.8 Å². The van der Waals surface area contributed by atoms with E-state index in [0.717, 1.165) is 25.8 Å². The van der Waals surface area contributed by atoms with Crippen molar-refractivity contribution < 1.29 is 18.0 Å². The summed E-state index contributed by atoms with van der Waals surface area (Å²) in [6.07, 6.45) is 2.86. The number of carbonyl (C=O) groups excluding carboxylic acids is 2. The molecular weight excluding hydrogens is 390 g/mol. The number of nitrogens with one attached hydrogen (secondary N) is 2. The average Bonchev–Trinajstić information content (AvgIpc) is 2.65. The number of hydrogen-bond acceptors (Lipinski definition) is 5. The van der Waals surface area contributed by atoms with E-state index in [1.165, 1.54) is 35.5 Å². The lowest BCUT2D eigenvalue weighted by Crippen LogP contribution is -2.52. The number of piperidine rings is 1. The summed E-state index contributed by atoms with van der Waals surface area (Å²) >= 11 is 0. The largest absolute Gasteiger partial charge is 0.355 e. The molecule has 1 aliphatic rings. The fourth-order valence-electron chi connectivity index (χ4n) is 3.05. The van der Waals surface area contributed by atoms with Gasteiger partial charge >= 0.3 is 0 Å². The number of nitrogens with zero attached hydrogens (tertiary/aromatic N) is 1. The van der Waals surface area contributed by atoms with Crippen LogP contribution in [0.25, 0.3) is 0 Å². The maximum absolute atomic E-state index is 13.0. The van der Waals surface area contributed by atoms with Gasteiger partial charge in [0.05, 0.1) is 4.90 Å². The molecule has 0 radical (unpaired) electrons. The molecule has 2 rings (SSSR count). The number of carbonyl (C=O) groups is 2. The quantitative estimate of drug-likeness (QED) is 0.494. The second-order valence-electron chi connectivity index (χ2n) is 6.46. The average molecular weight is 418 g/mol. The van der Waals surface area contributed by atoms with Gasteiger partial charge in [0, 0.05) is 18.7 Å². The van der Waals surface area contributed by atoms with Gasteiger partial charge in [-0.3, -0.25) is 9.59 Å². The highest BCUT2D eigenvalue weighted by Crippen LogP contribution is 2.26. The minimum absolute atomic E-state index is 0. The number of rotatable bonds is 8. The van der Waals surface area contributed by atoms with Crippen molar-refractivity contribution in [2.24, 2.45) is 0 Å². The molecule has 1 fully saturated rings. The molecule has 1 unspecified atom stereocenters. The first kappa shape index (κ1) is 23.6. The van der Waals surface area contributed by atoms with E-state index in [1.54, 1.807) is 0 Å². The zero-order chi connectivity index (χ0) is 19.2. The number of ketones is 1. The topological polar surface area (TPSA) is 95.6 Å².